The van der Waals surface area contributed by atoms with Crippen LogP contribution in [-0.4, -0.2) is 14.0 Å². The van der Waals surface area contributed by atoms with Crippen LogP contribution in [0, 0.1) is 10.6 Å². The van der Waals surface area contributed by atoms with E-state index in [-0.39, 0.29) is 0 Å². The molecule has 0 unspecified atom stereocenters. The summed E-state index contributed by atoms with van der Waals surface area (Å²) in [5.74, 6) is 2.06. The van der Waals surface area contributed by atoms with E-state index in [1.165, 1.54) is 20.3 Å². The van der Waals surface area contributed by atoms with Crippen molar-refractivity contribution in [1.82, 2.24) is 14.0 Å². The Balaban J connectivity index is 2.08. The Morgan fingerprint density at radius 3 is 2.56 bits per heavy atom. The highest BCUT2D eigenvalue weighted by Gasteiger charge is 2.25. The first-order valence-corrected chi connectivity index (χ1v) is 9.27. The number of para-hydroxylation sites is 3. The monoisotopic (exact) mass is 439 g/mol. The summed E-state index contributed by atoms with van der Waals surface area (Å²) in [6.45, 7) is 2.16. The largest absolute Gasteiger partial charge is 0.312 e. The number of aromatic nitrogens is 4. The van der Waals surface area contributed by atoms with Gasteiger partial charge in [0.2, 0.25) is 0 Å². The van der Waals surface area contributed by atoms with Crippen molar-refractivity contribution in [1.29, 1.82) is 0 Å². The molecular weight excluding hydrogens is 423 g/mol. The summed E-state index contributed by atoms with van der Waals surface area (Å²) in [6.07, 6.45) is 0. The molecule has 2 aromatic carbocycles. The highest BCUT2D eigenvalue weighted by Crippen LogP contribution is 2.30. The van der Waals surface area contributed by atoms with Crippen LogP contribution >= 0.6 is 22.6 Å². The zero-order valence-corrected chi connectivity index (χ0v) is 16.1. The van der Waals surface area contributed by atoms with Gasteiger partial charge in [-0.15, -0.1) is 0 Å². The highest BCUT2D eigenvalue weighted by atomic mass is 127. The molecule has 0 amide bonds. The number of hydrogen-bond donors (Lipinski definition) is 0. The van der Waals surface area contributed by atoms with E-state index in [0.29, 0.717) is 0 Å². The van der Waals surface area contributed by atoms with Crippen molar-refractivity contribution in [2.75, 3.05) is 0 Å². The molecule has 0 aliphatic carbocycles. The van der Waals surface area contributed by atoms with E-state index in [2.05, 4.69) is 105 Å². The van der Waals surface area contributed by atoms with Crippen LogP contribution in [0.2, 0.25) is 0 Å². The molecular formula is C20H16IN4+. The molecule has 0 N–H and O–H groups in total. The fourth-order valence-corrected chi connectivity index (χ4v) is 4.06. The third-order valence-corrected chi connectivity index (χ3v) is 5.88. The van der Waals surface area contributed by atoms with Crippen LogP contribution in [0.15, 0.2) is 60.7 Å². The zero-order chi connectivity index (χ0) is 17.1. The number of nitrogens with zero attached hydrogens (tertiary/aromatic N) is 4. The van der Waals surface area contributed by atoms with Crippen LogP contribution in [0.5, 0.6) is 0 Å². The summed E-state index contributed by atoms with van der Waals surface area (Å²) in [4.78, 5) is 4.95. The molecule has 5 rings (SSSR count). The van der Waals surface area contributed by atoms with Gasteiger partial charge < -0.3 is 0 Å². The number of aryl methyl sites for hydroxylation is 1. The van der Waals surface area contributed by atoms with Crippen LogP contribution < -0.4 is 4.57 Å². The minimum absolute atomic E-state index is 0.947. The first-order chi connectivity index (χ1) is 12.2. The summed E-state index contributed by atoms with van der Waals surface area (Å²) in [5.41, 5.74) is 5.78. The Hall–Kier alpha value is -2.41. The van der Waals surface area contributed by atoms with Gasteiger partial charge in [-0.25, -0.2) is 4.57 Å². The number of hydrogen-bond acceptors (Lipinski definition) is 1. The first-order valence-electron chi connectivity index (χ1n) is 8.19. The van der Waals surface area contributed by atoms with E-state index in [1.807, 2.05) is 6.07 Å². The molecule has 0 saturated carbocycles. The average Bonchev–Trinajstić information content (AvgIpc) is 3.13. The lowest BCUT2D eigenvalue weighted by molar-refractivity contribution is -0.678. The Morgan fingerprint density at radius 2 is 1.68 bits per heavy atom. The van der Waals surface area contributed by atoms with Crippen molar-refractivity contribution < 1.29 is 4.57 Å². The van der Waals surface area contributed by atoms with Crippen LogP contribution in [0.3, 0.4) is 0 Å². The molecule has 4 nitrogen and oxygen atoms in total. The molecule has 0 fully saturated rings. The standard InChI is InChI=1S/C20H16IN4/c1-13-7-5-10-16-19(13)25(18-12-6-11-17(21)23(18)2)20-22-14-8-3-4-9-15(14)24(16)20/h3-12H,1-2H3/q+1. The topological polar surface area (TPSA) is 26.1 Å². The number of rotatable bonds is 1. The van der Waals surface area contributed by atoms with E-state index < -0.39 is 0 Å². The molecule has 25 heavy (non-hydrogen) atoms. The predicted octanol–water partition coefficient (Wildman–Crippen LogP) is 4.17. The number of benzene rings is 2. The van der Waals surface area contributed by atoms with Gasteiger partial charge in [-0.2, -0.15) is 9.55 Å². The zero-order valence-electron chi connectivity index (χ0n) is 13.9. The van der Waals surface area contributed by atoms with Crippen LogP contribution in [0.1, 0.15) is 5.56 Å². The van der Waals surface area contributed by atoms with Gasteiger partial charge in [0.05, 0.1) is 23.6 Å². The molecule has 5 heteroatoms. The molecule has 0 radical (unpaired) electrons. The maximum atomic E-state index is 4.95. The number of imidazole rings is 2. The van der Waals surface area contributed by atoms with Gasteiger partial charge in [0.1, 0.15) is 0 Å². The van der Waals surface area contributed by atoms with E-state index in [1.54, 1.807) is 0 Å². The Morgan fingerprint density at radius 1 is 0.920 bits per heavy atom. The summed E-state index contributed by atoms with van der Waals surface area (Å²) in [6, 6.07) is 21.1. The minimum atomic E-state index is 0.947. The third-order valence-electron chi connectivity index (χ3n) is 4.80. The molecule has 122 valence electrons. The molecule has 5 aromatic rings. The maximum Gasteiger partial charge on any atom is 0.312 e. The fraction of sp³-hybridized carbons (Fsp3) is 0.100. The number of pyridine rings is 1. The quantitative estimate of drug-likeness (QED) is 0.219. The molecule has 0 spiro atoms. The van der Waals surface area contributed by atoms with Crippen LogP contribution in [0.25, 0.3) is 33.7 Å². The summed E-state index contributed by atoms with van der Waals surface area (Å²) in [7, 11) is 2.10. The van der Waals surface area contributed by atoms with E-state index >= 15 is 0 Å². The molecule has 3 heterocycles. The van der Waals surface area contributed by atoms with E-state index in [0.717, 1.165) is 22.6 Å². The molecule has 0 atom stereocenters. The Bertz CT molecular complexity index is 1280. The van der Waals surface area contributed by atoms with Gasteiger partial charge in [0, 0.05) is 28.7 Å². The average molecular weight is 439 g/mol. The van der Waals surface area contributed by atoms with Crippen LogP contribution in [-0.2, 0) is 7.05 Å². The van der Waals surface area contributed by atoms with Gasteiger partial charge in [0.15, 0.2) is 9.22 Å². The Labute approximate surface area is 158 Å². The fourth-order valence-electron chi connectivity index (χ4n) is 3.60. The lowest BCUT2D eigenvalue weighted by atomic mass is 10.2. The lowest BCUT2D eigenvalue weighted by Gasteiger charge is -2.04. The molecule has 0 saturated heterocycles. The van der Waals surface area contributed by atoms with Gasteiger partial charge in [0.25, 0.3) is 5.82 Å². The van der Waals surface area contributed by atoms with Gasteiger partial charge >= 0.3 is 5.78 Å². The summed E-state index contributed by atoms with van der Waals surface area (Å²) >= 11 is 2.37. The first kappa shape index (κ1) is 14.9. The maximum absolute atomic E-state index is 4.95. The second kappa shape index (κ2) is 5.29. The second-order valence-electron chi connectivity index (χ2n) is 6.28. The van der Waals surface area contributed by atoms with Crippen molar-refractivity contribution in [3.63, 3.8) is 0 Å². The van der Waals surface area contributed by atoms with Crippen LogP contribution in [0.4, 0.5) is 0 Å². The number of halogens is 1. The Kier molecular flexibility index (Phi) is 3.15. The normalized spacial score (nSPS) is 11.8. The second-order valence-corrected chi connectivity index (χ2v) is 7.38. The van der Waals surface area contributed by atoms with Crippen molar-refractivity contribution in [2.45, 2.75) is 6.92 Å². The minimum Gasteiger partial charge on any atom is -0.254 e. The van der Waals surface area contributed by atoms with Gasteiger partial charge in [-0.3, -0.25) is 4.40 Å². The molecule has 0 aliphatic rings. The molecule has 0 aliphatic heterocycles. The molecule has 0 bridgehead atoms. The van der Waals surface area contributed by atoms with Gasteiger partial charge in [-0.1, -0.05) is 24.3 Å². The van der Waals surface area contributed by atoms with Crippen molar-refractivity contribution in [3.05, 3.63) is 69.9 Å². The molecule has 3 aromatic heterocycles. The highest BCUT2D eigenvalue weighted by molar-refractivity contribution is 14.1. The summed E-state index contributed by atoms with van der Waals surface area (Å²) in [5, 5.41) is 0. The lowest BCUT2D eigenvalue weighted by Crippen LogP contribution is -2.37. The predicted molar refractivity (Wildman–Crippen MR) is 108 cm³/mol. The van der Waals surface area contributed by atoms with Crippen molar-refractivity contribution in [3.8, 4) is 5.82 Å². The van der Waals surface area contributed by atoms with Crippen molar-refractivity contribution in [2.24, 2.45) is 7.05 Å². The van der Waals surface area contributed by atoms with Crippen molar-refractivity contribution >= 4 is 50.4 Å². The van der Waals surface area contributed by atoms with E-state index in [9.17, 15) is 0 Å². The van der Waals surface area contributed by atoms with E-state index in [4.69, 9.17) is 4.98 Å². The SMILES string of the molecule is Cc1cccc2c1n(-c1cccc(I)[n+]1C)c1nc3ccccc3n21. The third kappa shape index (κ3) is 1.99. The number of fused-ring (bicyclic) bond motifs is 5. The smallest absolute Gasteiger partial charge is 0.254 e. The summed E-state index contributed by atoms with van der Waals surface area (Å²) < 4.78 is 7.91. The van der Waals surface area contributed by atoms with Gasteiger partial charge in [-0.05, 0) is 42.8 Å².